The minimum Gasteiger partial charge on any atom is -0.322 e. The zero-order valence-electron chi connectivity index (χ0n) is 18.0. The molecule has 3 aliphatic carbocycles. The van der Waals surface area contributed by atoms with Gasteiger partial charge in [-0.3, -0.25) is 4.79 Å². The minimum atomic E-state index is -0.202. The molecule has 0 bridgehead atoms. The van der Waals surface area contributed by atoms with Crippen LogP contribution in [0.3, 0.4) is 0 Å². The molecular weight excluding hydrogens is 358 g/mol. The minimum absolute atomic E-state index is 0.110. The Labute approximate surface area is 174 Å². The van der Waals surface area contributed by atoms with Gasteiger partial charge in [0, 0.05) is 12.1 Å². The van der Waals surface area contributed by atoms with Crippen LogP contribution in [0.5, 0.6) is 0 Å². The predicted molar refractivity (Wildman–Crippen MR) is 114 cm³/mol. The van der Waals surface area contributed by atoms with Gasteiger partial charge in [0.05, 0.1) is 12.6 Å². The van der Waals surface area contributed by atoms with Gasteiger partial charge in [-0.25, -0.2) is 0 Å². The van der Waals surface area contributed by atoms with Crippen LogP contribution in [0.4, 0.5) is 0 Å². The number of piperidine rings is 1. The van der Waals surface area contributed by atoms with E-state index in [0.717, 1.165) is 31.1 Å². The molecular formula is C25H33N3O. The molecule has 4 nitrogen and oxygen atoms in total. The lowest BCUT2D eigenvalue weighted by atomic mass is 9.90. The van der Waals surface area contributed by atoms with Crippen molar-refractivity contribution in [2.75, 3.05) is 6.54 Å². The van der Waals surface area contributed by atoms with Gasteiger partial charge in [0.1, 0.15) is 6.04 Å². The van der Waals surface area contributed by atoms with E-state index < -0.39 is 0 Å². The average Bonchev–Trinajstić information content (AvgIpc) is 2.99. The molecule has 1 saturated heterocycles. The van der Waals surface area contributed by atoms with E-state index in [2.05, 4.69) is 38.2 Å². The quantitative estimate of drug-likeness (QED) is 0.839. The monoisotopic (exact) mass is 391 g/mol. The van der Waals surface area contributed by atoms with E-state index in [1.807, 2.05) is 4.90 Å². The summed E-state index contributed by atoms with van der Waals surface area (Å²) in [6.07, 6.45) is 7.83. The third-order valence-electron chi connectivity index (χ3n) is 7.75. The molecule has 5 rings (SSSR count). The van der Waals surface area contributed by atoms with Gasteiger partial charge in [-0.05, 0) is 97.4 Å². The molecule has 1 heterocycles. The lowest BCUT2D eigenvalue weighted by Crippen LogP contribution is -2.45. The van der Waals surface area contributed by atoms with Crippen LogP contribution in [0.15, 0.2) is 6.07 Å². The summed E-state index contributed by atoms with van der Waals surface area (Å²) in [6, 6.07) is 5.23. The molecule has 2 fully saturated rings. The van der Waals surface area contributed by atoms with Crippen molar-refractivity contribution in [3.8, 4) is 6.07 Å². The Morgan fingerprint density at radius 1 is 1.17 bits per heavy atom. The number of hydrogen-bond donors (Lipinski definition) is 1. The Kier molecular flexibility index (Phi) is 4.70. The van der Waals surface area contributed by atoms with Gasteiger partial charge in [0.15, 0.2) is 0 Å². The number of carbonyl (C=O) groups excluding carboxylic acids is 1. The molecule has 0 radical (unpaired) electrons. The zero-order valence-corrected chi connectivity index (χ0v) is 18.0. The summed E-state index contributed by atoms with van der Waals surface area (Å²) in [5, 5.41) is 12.8. The highest BCUT2D eigenvalue weighted by atomic mass is 16.2. The highest BCUT2D eigenvalue weighted by Gasteiger charge is 2.53. The first-order valence-electron chi connectivity index (χ1n) is 11.5. The fraction of sp³-hybridized carbons (Fsp3) is 0.680. The number of amides is 1. The molecule has 3 unspecified atom stereocenters. The SMILES string of the molecule is CC1Cc2cc3c(c(CC(C)NCC(=O)N4[C@H](C#N)C[C@@H]5C[C@@H]54)c2C1)CC(C)C3. The van der Waals surface area contributed by atoms with Gasteiger partial charge in [0.25, 0.3) is 0 Å². The maximum atomic E-state index is 12.8. The first kappa shape index (κ1) is 19.1. The normalized spacial score (nSPS) is 32.5. The van der Waals surface area contributed by atoms with Crippen LogP contribution in [-0.2, 0) is 36.9 Å². The van der Waals surface area contributed by atoms with E-state index in [4.69, 9.17) is 0 Å². The number of carbonyl (C=O) groups is 1. The van der Waals surface area contributed by atoms with E-state index >= 15 is 0 Å². The standard InChI is InChI=1S/C25H33N3O/c1-14-4-17-9-18-5-15(2)7-22(18)23(21(17)6-14)8-16(3)27-13-25(29)28-20(12-26)10-19-11-24(19)28/h9,14-16,19-20,24,27H,4-8,10-11,13H2,1-3H3/t14?,15?,16?,19-,20+,24+/m1/s1. The molecule has 1 aliphatic heterocycles. The summed E-state index contributed by atoms with van der Waals surface area (Å²) in [5.74, 6) is 2.19. The summed E-state index contributed by atoms with van der Waals surface area (Å²) >= 11 is 0. The second-order valence-electron chi connectivity index (χ2n) is 10.4. The van der Waals surface area contributed by atoms with Gasteiger partial charge >= 0.3 is 0 Å². The van der Waals surface area contributed by atoms with Crippen molar-refractivity contribution >= 4 is 5.91 Å². The third-order valence-corrected chi connectivity index (χ3v) is 7.75. The first-order chi connectivity index (χ1) is 13.9. The molecule has 6 atom stereocenters. The Morgan fingerprint density at radius 3 is 2.45 bits per heavy atom. The molecule has 1 aromatic rings. The van der Waals surface area contributed by atoms with Crippen molar-refractivity contribution in [3.63, 3.8) is 0 Å². The molecule has 4 heteroatoms. The van der Waals surface area contributed by atoms with Gasteiger partial charge in [-0.15, -0.1) is 0 Å². The Bertz CT molecular complexity index is 849. The van der Waals surface area contributed by atoms with Crippen LogP contribution >= 0.6 is 0 Å². The van der Waals surface area contributed by atoms with Crippen molar-refractivity contribution in [2.45, 2.75) is 83.8 Å². The van der Waals surface area contributed by atoms with Crippen LogP contribution in [0.2, 0.25) is 0 Å². The van der Waals surface area contributed by atoms with E-state index in [1.54, 1.807) is 27.8 Å². The zero-order chi connectivity index (χ0) is 20.3. The predicted octanol–water partition coefficient (Wildman–Crippen LogP) is 3.19. The lowest BCUT2D eigenvalue weighted by molar-refractivity contribution is -0.131. The maximum Gasteiger partial charge on any atom is 0.237 e. The van der Waals surface area contributed by atoms with Crippen LogP contribution in [0.25, 0.3) is 0 Å². The largest absolute Gasteiger partial charge is 0.322 e. The van der Waals surface area contributed by atoms with Gasteiger partial charge in [-0.2, -0.15) is 5.26 Å². The summed E-state index contributed by atoms with van der Waals surface area (Å²) < 4.78 is 0. The van der Waals surface area contributed by atoms with E-state index in [0.29, 0.717) is 18.5 Å². The summed E-state index contributed by atoms with van der Waals surface area (Å²) in [6.45, 7) is 7.30. The third kappa shape index (κ3) is 3.38. The fourth-order valence-corrected chi connectivity index (χ4v) is 6.33. The van der Waals surface area contributed by atoms with Crippen LogP contribution in [-0.4, -0.2) is 35.5 Å². The van der Waals surface area contributed by atoms with Crippen molar-refractivity contribution in [1.29, 1.82) is 5.26 Å². The van der Waals surface area contributed by atoms with E-state index in [-0.39, 0.29) is 18.0 Å². The van der Waals surface area contributed by atoms with Crippen molar-refractivity contribution < 1.29 is 4.79 Å². The van der Waals surface area contributed by atoms with Gasteiger partial charge in [-0.1, -0.05) is 19.9 Å². The number of rotatable bonds is 5. The van der Waals surface area contributed by atoms with Gasteiger partial charge < -0.3 is 10.2 Å². The summed E-state index contributed by atoms with van der Waals surface area (Å²) in [5.41, 5.74) is 7.96. The van der Waals surface area contributed by atoms with Crippen molar-refractivity contribution in [2.24, 2.45) is 17.8 Å². The molecule has 0 aromatic heterocycles. The van der Waals surface area contributed by atoms with Crippen molar-refractivity contribution in [1.82, 2.24) is 10.2 Å². The van der Waals surface area contributed by atoms with Gasteiger partial charge in [0.2, 0.25) is 5.91 Å². The van der Waals surface area contributed by atoms with E-state index in [9.17, 15) is 10.1 Å². The fourth-order valence-electron chi connectivity index (χ4n) is 6.33. The number of benzene rings is 1. The average molecular weight is 392 g/mol. The number of nitriles is 1. The van der Waals surface area contributed by atoms with Crippen molar-refractivity contribution in [3.05, 3.63) is 33.9 Å². The molecule has 154 valence electrons. The Balaban J connectivity index is 1.28. The topological polar surface area (TPSA) is 56.1 Å². The second-order valence-corrected chi connectivity index (χ2v) is 10.4. The number of nitrogens with one attached hydrogen (secondary N) is 1. The maximum absolute atomic E-state index is 12.8. The smallest absolute Gasteiger partial charge is 0.237 e. The highest BCUT2D eigenvalue weighted by molar-refractivity contribution is 5.80. The summed E-state index contributed by atoms with van der Waals surface area (Å²) in [4.78, 5) is 14.6. The van der Waals surface area contributed by atoms with E-state index in [1.165, 1.54) is 25.7 Å². The Hall–Kier alpha value is -1.86. The van der Waals surface area contributed by atoms with Crippen LogP contribution in [0, 0.1) is 29.1 Å². The molecule has 1 N–H and O–H groups in total. The van der Waals surface area contributed by atoms with Crippen LogP contribution in [0.1, 0.15) is 61.4 Å². The molecule has 29 heavy (non-hydrogen) atoms. The highest BCUT2D eigenvalue weighted by Crippen LogP contribution is 2.47. The lowest BCUT2D eigenvalue weighted by Gasteiger charge is -2.24. The number of hydrogen-bond acceptors (Lipinski definition) is 3. The number of likely N-dealkylation sites (tertiary alicyclic amines) is 1. The first-order valence-corrected chi connectivity index (χ1v) is 11.5. The number of fused-ring (bicyclic) bond motifs is 3. The molecule has 1 aromatic carbocycles. The molecule has 1 saturated carbocycles. The molecule has 4 aliphatic rings. The molecule has 1 amide bonds. The molecule has 0 spiro atoms. The summed E-state index contributed by atoms with van der Waals surface area (Å²) in [7, 11) is 0. The van der Waals surface area contributed by atoms with Crippen LogP contribution < -0.4 is 5.32 Å². The number of nitrogens with zero attached hydrogens (tertiary/aromatic N) is 2. The second kappa shape index (κ2) is 7.13. The Morgan fingerprint density at radius 2 is 1.83 bits per heavy atom.